The molecule has 0 N–H and O–H groups in total. The Balaban J connectivity index is 2.29. The molecule has 1 aliphatic heterocycles. The van der Waals surface area contributed by atoms with Crippen LogP contribution >= 0.6 is 0 Å². The van der Waals surface area contributed by atoms with Crippen LogP contribution in [0.25, 0.3) is 0 Å². The Hall–Kier alpha value is -1.31. The van der Waals surface area contributed by atoms with E-state index in [1.807, 2.05) is 12.1 Å². The van der Waals surface area contributed by atoms with Gasteiger partial charge in [0.05, 0.1) is 0 Å². The number of hydrogen-bond donors (Lipinski definition) is 0. The summed E-state index contributed by atoms with van der Waals surface area (Å²) in [6.07, 6.45) is 4.70. The van der Waals surface area contributed by atoms with Gasteiger partial charge in [0, 0.05) is 23.8 Å². The minimum Gasteiger partial charge on any atom is -0.368 e. The maximum Gasteiger partial charge on any atom is 0.150 e. The van der Waals surface area contributed by atoms with Gasteiger partial charge in [0.15, 0.2) is 0 Å². The molecule has 16 heavy (non-hydrogen) atoms. The molecule has 1 aromatic rings. The van der Waals surface area contributed by atoms with Crippen LogP contribution < -0.4 is 4.90 Å². The van der Waals surface area contributed by atoms with E-state index in [1.165, 1.54) is 30.5 Å². The predicted octanol–water partition coefficient (Wildman–Crippen LogP) is 3.19. The van der Waals surface area contributed by atoms with Crippen molar-refractivity contribution in [2.45, 2.75) is 39.2 Å². The molecule has 1 aliphatic rings. The van der Waals surface area contributed by atoms with E-state index in [0.29, 0.717) is 6.04 Å². The minimum atomic E-state index is 0.681. The average Bonchev–Trinajstić information content (AvgIpc) is 2.76. The lowest BCUT2D eigenvalue weighted by atomic mass is 10.1. The molecule has 0 aromatic heterocycles. The smallest absolute Gasteiger partial charge is 0.150 e. The summed E-state index contributed by atoms with van der Waals surface area (Å²) in [6, 6.07) is 6.67. The second-order valence-corrected chi connectivity index (χ2v) is 4.56. The molecule has 0 bridgehead atoms. The first-order chi connectivity index (χ1) is 7.76. The molecule has 2 rings (SSSR count). The number of nitrogens with zero attached hydrogens (tertiary/aromatic N) is 1. The lowest BCUT2D eigenvalue weighted by Crippen LogP contribution is -2.29. The van der Waals surface area contributed by atoms with Crippen LogP contribution in [0.2, 0.25) is 0 Å². The number of aryl methyl sites for hydroxylation is 1. The summed E-state index contributed by atoms with van der Waals surface area (Å²) in [6.45, 7) is 5.49. The van der Waals surface area contributed by atoms with Crippen LogP contribution in [-0.4, -0.2) is 18.9 Å². The van der Waals surface area contributed by atoms with E-state index in [9.17, 15) is 4.79 Å². The van der Waals surface area contributed by atoms with Gasteiger partial charge in [-0.1, -0.05) is 6.92 Å². The highest BCUT2D eigenvalue weighted by molar-refractivity contribution is 5.77. The maximum atomic E-state index is 10.7. The number of carbonyl (C=O) groups is 1. The Morgan fingerprint density at radius 1 is 1.50 bits per heavy atom. The van der Waals surface area contributed by atoms with Crippen LogP contribution in [0.4, 0.5) is 5.69 Å². The summed E-state index contributed by atoms with van der Waals surface area (Å²) in [5, 5.41) is 0. The van der Waals surface area contributed by atoms with Gasteiger partial charge in [-0.05, 0) is 49.9 Å². The number of hydrogen-bond acceptors (Lipinski definition) is 2. The molecule has 0 spiro atoms. The molecule has 1 aromatic carbocycles. The third-order valence-electron chi connectivity index (χ3n) is 3.51. The van der Waals surface area contributed by atoms with Gasteiger partial charge in [-0.15, -0.1) is 0 Å². The summed E-state index contributed by atoms with van der Waals surface area (Å²) < 4.78 is 0. The van der Waals surface area contributed by atoms with Crippen molar-refractivity contribution >= 4 is 12.0 Å². The standard InChI is InChI=1S/C14H19NO/c1-3-13-5-4-8-15(13)14-7-6-12(10-16)9-11(14)2/h6-7,9-10,13H,3-5,8H2,1-2H3. The molecule has 0 radical (unpaired) electrons. The van der Waals surface area contributed by atoms with Gasteiger partial charge >= 0.3 is 0 Å². The monoisotopic (exact) mass is 217 g/mol. The topological polar surface area (TPSA) is 20.3 Å². The van der Waals surface area contributed by atoms with Gasteiger partial charge in [-0.2, -0.15) is 0 Å². The van der Waals surface area contributed by atoms with Crippen LogP contribution in [0.3, 0.4) is 0 Å². The molecular formula is C14H19NO. The van der Waals surface area contributed by atoms with Crippen molar-refractivity contribution < 1.29 is 4.79 Å². The van der Waals surface area contributed by atoms with Crippen molar-refractivity contribution in [1.82, 2.24) is 0 Å². The quantitative estimate of drug-likeness (QED) is 0.725. The number of benzene rings is 1. The Morgan fingerprint density at radius 3 is 2.94 bits per heavy atom. The Labute approximate surface area is 97.3 Å². The van der Waals surface area contributed by atoms with Gasteiger partial charge in [0.2, 0.25) is 0 Å². The maximum absolute atomic E-state index is 10.7. The zero-order chi connectivity index (χ0) is 11.5. The van der Waals surface area contributed by atoms with E-state index in [-0.39, 0.29) is 0 Å². The SMILES string of the molecule is CCC1CCCN1c1ccc(C=O)cc1C. The zero-order valence-corrected chi connectivity index (χ0v) is 10.1. The Bertz CT molecular complexity index is 386. The highest BCUT2D eigenvalue weighted by Crippen LogP contribution is 2.30. The summed E-state index contributed by atoms with van der Waals surface area (Å²) >= 11 is 0. The van der Waals surface area contributed by atoms with Gasteiger partial charge in [0.25, 0.3) is 0 Å². The molecular weight excluding hydrogens is 198 g/mol. The van der Waals surface area contributed by atoms with Crippen LogP contribution in [0, 0.1) is 6.92 Å². The fraction of sp³-hybridized carbons (Fsp3) is 0.500. The molecule has 1 atom stereocenters. The lowest BCUT2D eigenvalue weighted by molar-refractivity contribution is 0.112. The molecule has 1 heterocycles. The first kappa shape index (κ1) is 11.2. The van der Waals surface area contributed by atoms with Crippen molar-refractivity contribution in [2.24, 2.45) is 0 Å². The fourth-order valence-electron chi connectivity index (χ4n) is 2.65. The van der Waals surface area contributed by atoms with Crippen molar-refractivity contribution in [3.05, 3.63) is 29.3 Å². The summed E-state index contributed by atoms with van der Waals surface area (Å²) in [5.41, 5.74) is 3.29. The highest BCUT2D eigenvalue weighted by Gasteiger charge is 2.23. The molecule has 86 valence electrons. The van der Waals surface area contributed by atoms with E-state index < -0.39 is 0 Å². The first-order valence-electron chi connectivity index (χ1n) is 6.08. The molecule has 1 fully saturated rings. The molecule has 0 aliphatic carbocycles. The molecule has 0 saturated carbocycles. The second-order valence-electron chi connectivity index (χ2n) is 4.56. The second kappa shape index (κ2) is 4.69. The summed E-state index contributed by atoms with van der Waals surface area (Å²) in [7, 11) is 0. The third-order valence-corrected chi connectivity index (χ3v) is 3.51. The van der Waals surface area contributed by atoms with Gasteiger partial charge in [-0.25, -0.2) is 0 Å². The van der Waals surface area contributed by atoms with E-state index in [4.69, 9.17) is 0 Å². The number of aldehydes is 1. The minimum absolute atomic E-state index is 0.681. The average molecular weight is 217 g/mol. The predicted molar refractivity (Wildman–Crippen MR) is 67.2 cm³/mol. The van der Waals surface area contributed by atoms with Crippen molar-refractivity contribution in [1.29, 1.82) is 0 Å². The Morgan fingerprint density at radius 2 is 2.31 bits per heavy atom. The number of anilines is 1. The molecule has 1 saturated heterocycles. The molecule has 1 unspecified atom stereocenters. The fourth-order valence-corrected chi connectivity index (χ4v) is 2.65. The van der Waals surface area contributed by atoms with E-state index in [0.717, 1.165) is 18.4 Å². The largest absolute Gasteiger partial charge is 0.368 e. The van der Waals surface area contributed by atoms with E-state index >= 15 is 0 Å². The van der Waals surface area contributed by atoms with E-state index in [2.05, 4.69) is 24.8 Å². The Kier molecular flexibility index (Phi) is 3.28. The number of carbonyl (C=O) groups excluding carboxylic acids is 1. The lowest BCUT2D eigenvalue weighted by Gasteiger charge is -2.27. The zero-order valence-electron chi connectivity index (χ0n) is 10.1. The molecule has 2 nitrogen and oxygen atoms in total. The van der Waals surface area contributed by atoms with E-state index in [1.54, 1.807) is 0 Å². The molecule has 0 amide bonds. The van der Waals surface area contributed by atoms with Crippen LogP contribution in [0.1, 0.15) is 42.1 Å². The molecule has 2 heteroatoms. The summed E-state index contributed by atoms with van der Waals surface area (Å²) in [4.78, 5) is 13.2. The van der Waals surface area contributed by atoms with Gasteiger partial charge in [0.1, 0.15) is 6.29 Å². The van der Waals surface area contributed by atoms with Gasteiger partial charge in [-0.3, -0.25) is 4.79 Å². The highest BCUT2D eigenvalue weighted by atomic mass is 16.1. The van der Waals surface area contributed by atoms with Crippen LogP contribution in [0.5, 0.6) is 0 Å². The normalized spacial score (nSPS) is 20.1. The first-order valence-corrected chi connectivity index (χ1v) is 6.08. The summed E-state index contributed by atoms with van der Waals surface area (Å²) in [5.74, 6) is 0. The van der Waals surface area contributed by atoms with Crippen LogP contribution in [-0.2, 0) is 0 Å². The van der Waals surface area contributed by atoms with Crippen LogP contribution in [0.15, 0.2) is 18.2 Å². The van der Waals surface area contributed by atoms with Crippen molar-refractivity contribution in [2.75, 3.05) is 11.4 Å². The van der Waals surface area contributed by atoms with Crippen molar-refractivity contribution in [3.8, 4) is 0 Å². The van der Waals surface area contributed by atoms with Crippen molar-refractivity contribution in [3.63, 3.8) is 0 Å². The third kappa shape index (κ3) is 1.97. The number of rotatable bonds is 3. The van der Waals surface area contributed by atoms with Gasteiger partial charge < -0.3 is 4.90 Å².